The van der Waals surface area contributed by atoms with Crippen LogP contribution < -0.4 is 14.8 Å². The summed E-state index contributed by atoms with van der Waals surface area (Å²) in [5.41, 5.74) is 2.30. The number of nitrogens with one attached hydrogen (secondary N) is 1. The van der Waals surface area contributed by atoms with E-state index < -0.39 is 0 Å². The molecule has 0 saturated heterocycles. The molecular weight excluding hydrogens is 166 g/mol. The molecule has 1 aromatic carbocycles. The molecule has 0 aliphatic carbocycles. The number of rotatable bonds is 2. The number of benzene rings is 1. The molecule has 0 amide bonds. The van der Waals surface area contributed by atoms with E-state index in [-0.39, 0.29) is 0 Å². The number of anilines is 1. The Morgan fingerprint density at radius 2 is 2.00 bits per heavy atom. The van der Waals surface area contributed by atoms with Gasteiger partial charge in [-0.05, 0) is 25.5 Å². The summed E-state index contributed by atoms with van der Waals surface area (Å²) in [5, 5.41) is 3.27. The van der Waals surface area contributed by atoms with Crippen LogP contribution in [0.4, 0.5) is 5.69 Å². The Labute approximate surface area is 77.7 Å². The summed E-state index contributed by atoms with van der Waals surface area (Å²) in [6.45, 7) is 5.38. The van der Waals surface area contributed by atoms with Gasteiger partial charge in [0.15, 0.2) is 11.5 Å². The van der Waals surface area contributed by atoms with Crippen LogP contribution >= 0.6 is 0 Å². The highest BCUT2D eigenvalue weighted by molar-refractivity contribution is 5.60. The van der Waals surface area contributed by atoms with E-state index in [1.165, 1.54) is 5.56 Å². The van der Waals surface area contributed by atoms with Gasteiger partial charge in [-0.2, -0.15) is 0 Å². The Bertz CT molecular complexity index is 323. The summed E-state index contributed by atoms with van der Waals surface area (Å²) < 4.78 is 10.5. The lowest BCUT2D eigenvalue weighted by Crippen LogP contribution is -1.98. The number of fused-ring (bicyclic) bond motifs is 1. The third-order valence-corrected chi connectivity index (χ3v) is 2.09. The predicted molar refractivity (Wildman–Crippen MR) is 51.5 cm³/mol. The van der Waals surface area contributed by atoms with Crippen molar-refractivity contribution in [1.82, 2.24) is 0 Å². The summed E-state index contributed by atoms with van der Waals surface area (Å²) >= 11 is 0. The Kier molecular flexibility index (Phi) is 2.00. The molecule has 0 saturated carbocycles. The average Bonchev–Trinajstić information content (AvgIpc) is 2.52. The average molecular weight is 179 g/mol. The second-order valence-corrected chi connectivity index (χ2v) is 3.05. The molecule has 0 aromatic heterocycles. The van der Waals surface area contributed by atoms with Gasteiger partial charge in [0.25, 0.3) is 0 Å². The van der Waals surface area contributed by atoms with Gasteiger partial charge in [-0.1, -0.05) is 0 Å². The van der Waals surface area contributed by atoms with Crippen molar-refractivity contribution < 1.29 is 9.47 Å². The maximum Gasteiger partial charge on any atom is 0.231 e. The van der Waals surface area contributed by atoms with E-state index in [1.807, 2.05) is 12.1 Å². The van der Waals surface area contributed by atoms with Crippen molar-refractivity contribution in [2.75, 3.05) is 18.7 Å². The molecule has 1 aromatic rings. The molecule has 1 N–H and O–H groups in total. The highest BCUT2D eigenvalue weighted by atomic mass is 16.7. The standard InChI is InChI=1S/C10H13NO2/c1-3-11-8-5-10-9(4-7(8)2)12-6-13-10/h4-5,11H,3,6H2,1-2H3. The lowest BCUT2D eigenvalue weighted by atomic mass is 10.2. The summed E-state index contributed by atoms with van der Waals surface area (Å²) in [6.07, 6.45) is 0. The van der Waals surface area contributed by atoms with Crippen molar-refractivity contribution in [1.29, 1.82) is 0 Å². The number of ether oxygens (including phenoxy) is 2. The van der Waals surface area contributed by atoms with E-state index in [9.17, 15) is 0 Å². The molecule has 1 aliphatic rings. The van der Waals surface area contributed by atoms with Crippen LogP contribution in [0.3, 0.4) is 0 Å². The third kappa shape index (κ3) is 1.41. The van der Waals surface area contributed by atoms with Gasteiger partial charge in [0.05, 0.1) is 0 Å². The van der Waals surface area contributed by atoms with Crippen molar-refractivity contribution >= 4 is 5.69 Å². The quantitative estimate of drug-likeness (QED) is 0.754. The molecule has 0 fully saturated rings. The Morgan fingerprint density at radius 1 is 1.31 bits per heavy atom. The van der Waals surface area contributed by atoms with Crippen LogP contribution in [0, 0.1) is 6.92 Å². The Morgan fingerprint density at radius 3 is 2.69 bits per heavy atom. The Balaban J connectivity index is 2.37. The zero-order valence-corrected chi connectivity index (χ0v) is 7.89. The van der Waals surface area contributed by atoms with Crippen LogP contribution in [0.5, 0.6) is 11.5 Å². The van der Waals surface area contributed by atoms with Crippen LogP contribution in [0.2, 0.25) is 0 Å². The Hall–Kier alpha value is -1.38. The van der Waals surface area contributed by atoms with E-state index in [2.05, 4.69) is 19.2 Å². The van der Waals surface area contributed by atoms with Gasteiger partial charge in [-0.3, -0.25) is 0 Å². The van der Waals surface area contributed by atoms with Gasteiger partial charge in [0.1, 0.15) is 0 Å². The first-order valence-electron chi connectivity index (χ1n) is 4.45. The first-order valence-corrected chi connectivity index (χ1v) is 4.45. The largest absolute Gasteiger partial charge is 0.454 e. The number of hydrogen-bond acceptors (Lipinski definition) is 3. The molecule has 0 unspecified atom stereocenters. The first kappa shape index (κ1) is 8.23. The van der Waals surface area contributed by atoms with Crippen LogP contribution in [0.15, 0.2) is 12.1 Å². The van der Waals surface area contributed by atoms with E-state index in [0.717, 1.165) is 23.7 Å². The fourth-order valence-corrected chi connectivity index (χ4v) is 1.42. The molecule has 3 nitrogen and oxygen atoms in total. The van der Waals surface area contributed by atoms with Crippen molar-refractivity contribution in [3.05, 3.63) is 17.7 Å². The normalized spacial score (nSPS) is 13.1. The highest BCUT2D eigenvalue weighted by Gasteiger charge is 2.14. The maximum absolute atomic E-state index is 5.28. The molecule has 0 atom stereocenters. The number of aryl methyl sites for hydroxylation is 1. The first-order chi connectivity index (χ1) is 6.31. The minimum Gasteiger partial charge on any atom is -0.454 e. The van der Waals surface area contributed by atoms with Crippen LogP contribution in [-0.2, 0) is 0 Å². The summed E-state index contributed by atoms with van der Waals surface area (Å²) in [5.74, 6) is 1.68. The highest BCUT2D eigenvalue weighted by Crippen LogP contribution is 2.36. The molecule has 13 heavy (non-hydrogen) atoms. The molecule has 0 radical (unpaired) electrons. The van der Waals surface area contributed by atoms with Crippen LogP contribution in [0.1, 0.15) is 12.5 Å². The van der Waals surface area contributed by atoms with Crippen molar-refractivity contribution in [2.24, 2.45) is 0 Å². The second kappa shape index (κ2) is 3.17. The molecular formula is C10H13NO2. The third-order valence-electron chi connectivity index (χ3n) is 2.09. The van der Waals surface area contributed by atoms with Crippen LogP contribution in [0.25, 0.3) is 0 Å². The lowest BCUT2D eigenvalue weighted by Gasteiger charge is -2.07. The van der Waals surface area contributed by atoms with Crippen molar-refractivity contribution in [2.45, 2.75) is 13.8 Å². The van der Waals surface area contributed by atoms with Gasteiger partial charge in [0, 0.05) is 18.3 Å². The number of hydrogen-bond donors (Lipinski definition) is 1. The molecule has 0 spiro atoms. The lowest BCUT2D eigenvalue weighted by molar-refractivity contribution is 0.174. The van der Waals surface area contributed by atoms with E-state index in [1.54, 1.807) is 0 Å². The van der Waals surface area contributed by atoms with Crippen molar-refractivity contribution in [3.8, 4) is 11.5 Å². The van der Waals surface area contributed by atoms with E-state index >= 15 is 0 Å². The molecule has 70 valence electrons. The topological polar surface area (TPSA) is 30.5 Å². The molecule has 3 heteroatoms. The second-order valence-electron chi connectivity index (χ2n) is 3.05. The van der Waals surface area contributed by atoms with Crippen molar-refractivity contribution in [3.63, 3.8) is 0 Å². The van der Waals surface area contributed by atoms with Gasteiger partial charge in [-0.15, -0.1) is 0 Å². The zero-order valence-electron chi connectivity index (χ0n) is 7.89. The SMILES string of the molecule is CCNc1cc2c(cc1C)OCO2. The fourth-order valence-electron chi connectivity index (χ4n) is 1.42. The summed E-state index contributed by atoms with van der Waals surface area (Å²) in [4.78, 5) is 0. The molecule has 1 aliphatic heterocycles. The fraction of sp³-hybridized carbons (Fsp3) is 0.400. The molecule has 2 rings (SSSR count). The molecule has 0 bridgehead atoms. The minimum absolute atomic E-state index is 0.338. The maximum atomic E-state index is 5.28. The van der Waals surface area contributed by atoms with Gasteiger partial charge in [-0.25, -0.2) is 0 Å². The van der Waals surface area contributed by atoms with E-state index in [0.29, 0.717) is 6.79 Å². The zero-order chi connectivity index (χ0) is 9.26. The predicted octanol–water partition coefficient (Wildman–Crippen LogP) is 2.16. The summed E-state index contributed by atoms with van der Waals surface area (Å²) in [6, 6.07) is 3.99. The van der Waals surface area contributed by atoms with Gasteiger partial charge in [0.2, 0.25) is 6.79 Å². The summed E-state index contributed by atoms with van der Waals surface area (Å²) in [7, 11) is 0. The van der Waals surface area contributed by atoms with Gasteiger partial charge < -0.3 is 14.8 Å². The van der Waals surface area contributed by atoms with Crippen LogP contribution in [-0.4, -0.2) is 13.3 Å². The monoisotopic (exact) mass is 179 g/mol. The van der Waals surface area contributed by atoms with E-state index in [4.69, 9.17) is 9.47 Å². The molecule has 1 heterocycles. The smallest absolute Gasteiger partial charge is 0.231 e. The minimum atomic E-state index is 0.338. The van der Waals surface area contributed by atoms with Gasteiger partial charge >= 0.3 is 0 Å².